The molecule has 0 saturated heterocycles. The zero-order valence-electron chi connectivity index (χ0n) is 14.8. The van der Waals surface area contributed by atoms with Gasteiger partial charge in [-0.05, 0) is 31.0 Å². The van der Waals surface area contributed by atoms with Gasteiger partial charge in [-0.15, -0.1) is 0 Å². The first kappa shape index (κ1) is 17.7. The monoisotopic (exact) mass is 382 g/mol. The molecule has 1 aliphatic rings. The van der Waals surface area contributed by atoms with Gasteiger partial charge in [0.25, 0.3) is 0 Å². The lowest BCUT2D eigenvalue weighted by molar-refractivity contribution is 0.628. The van der Waals surface area contributed by atoms with Crippen molar-refractivity contribution in [2.45, 2.75) is 31.7 Å². The summed E-state index contributed by atoms with van der Waals surface area (Å²) in [7, 11) is 0. The van der Waals surface area contributed by atoms with E-state index in [9.17, 15) is 4.39 Å². The molecule has 2 N–H and O–H groups in total. The number of rotatable bonds is 5. The van der Waals surface area contributed by atoms with Crippen molar-refractivity contribution >= 4 is 29.1 Å². The predicted octanol–water partition coefficient (Wildman–Crippen LogP) is 6.03. The van der Waals surface area contributed by atoms with Crippen molar-refractivity contribution in [2.75, 3.05) is 10.6 Å². The van der Waals surface area contributed by atoms with Crippen molar-refractivity contribution in [2.24, 2.45) is 0 Å². The average molecular weight is 383 g/mol. The Bertz CT molecular complexity index is 927. The fourth-order valence-electron chi connectivity index (χ4n) is 3.31. The molecule has 4 rings (SSSR count). The SMILES string of the molecule is Fc1ccc(Nc2cc(-c3ccccc3)nc(NC3CCCC3)n2)c(Cl)c1. The van der Waals surface area contributed by atoms with Gasteiger partial charge in [-0.1, -0.05) is 54.8 Å². The van der Waals surface area contributed by atoms with E-state index in [4.69, 9.17) is 16.6 Å². The highest BCUT2D eigenvalue weighted by atomic mass is 35.5. The second kappa shape index (κ2) is 7.92. The molecule has 1 aliphatic carbocycles. The van der Waals surface area contributed by atoms with Crippen LogP contribution in [0.3, 0.4) is 0 Å². The van der Waals surface area contributed by atoms with E-state index in [-0.39, 0.29) is 5.82 Å². The summed E-state index contributed by atoms with van der Waals surface area (Å²) < 4.78 is 13.3. The molecule has 0 amide bonds. The van der Waals surface area contributed by atoms with E-state index in [1.54, 1.807) is 6.07 Å². The van der Waals surface area contributed by atoms with Gasteiger partial charge in [0.05, 0.1) is 16.4 Å². The van der Waals surface area contributed by atoms with Crippen LogP contribution >= 0.6 is 11.6 Å². The Labute approximate surface area is 162 Å². The lowest BCUT2D eigenvalue weighted by Gasteiger charge is -2.15. The Kier molecular flexibility index (Phi) is 5.21. The highest BCUT2D eigenvalue weighted by Crippen LogP contribution is 2.29. The summed E-state index contributed by atoms with van der Waals surface area (Å²) in [6, 6.07) is 16.5. The molecule has 27 heavy (non-hydrogen) atoms. The standard InChI is InChI=1S/C21H20ClFN4/c22-17-12-15(23)10-11-18(17)25-20-13-19(14-6-2-1-3-7-14)26-21(27-20)24-16-8-4-5-9-16/h1-3,6-7,10-13,16H,4-5,8-9H2,(H2,24,25,26,27). The molecule has 1 saturated carbocycles. The Morgan fingerprint density at radius 1 is 0.963 bits per heavy atom. The minimum Gasteiger partial charge on any atom is -0.351 e. The fraction of sp³-hybridized carbons (Fsp3) is 0.238. The number of benzene rings is 2. The summed E-state index contributed by atoms with van der Waals surface area (Å²) in [5.74, 6) is 0.823. The number of aromatic nitrogens is 2. The summed E-state index contributed by atoms with van der Waals surface area (Å²) >= 11 is 6.15. The summed E-state index contributed by atoms with van der Waals surface area (Å²) in [5.41, 5.74) is 2.41. The number of nitrogens with one attached hydrogen (secondary N) is 2. The normalized spacial score (nSPS) is 14.3. The Morgan fingerprint density at radius 3 is 2.48 bits per heavy atom. The maximum Gasteiger partial charge on any atom is 0.225 e. The van der Waals surface area contributed by atoms with E-state index in [2.05, 4.69) is 15.6 Å². The van der Waals surface area contributed by atoms with Crippen LogP contribution in [-0.2, 0) is 0 Å². The Morgan fingerprint density at radius 2 is 1.74 bits per heavy atom. The lowest BCUT2D eigenvalue weighted by Crippen LogP contribution is -2.17. The zero-order valence-corrected chi connectivity index (χ0v) is 15.5. The number of hydrogen-bond acceptors (Lipinski definition) is 4. The molecule has 0 aliphatic heterocycles. The van der Waals surface area contributed by atoms with E-state index in [1.807, 2.05) is 36.4 Å². The van der Waals surface area contributed by atoms with Gasteiger partial charge >= 0.3 is 0 Å². The summed E-state index contributed by atoms with van der Waals surface area (Å²) in [5, 5.41) is 6.94. The summed E-state index contributed by atoms with van der Waals surface area (Å²) in [6.07, 6.45) is 4.72. The minimum absolute atomic E-state index is 0.306. The smallest absolute Gasteiger partial charge is 0.225 e. The van der Waals surface area contributed by atoms with Crippen LogP contribution in [0.15, 0.2) is 54.6 Å². The molecular weight excluding hydrogens is 363 g/mol. The molecular formula is C21H20ClFN4. The van der Waals surface area contributed by atoms with E-state index in [0.29, 0.717) is 28.5 Å². The van der Waals surface area contributed by atoms with Crippen molar-refractivity contribution in [1.29, 1.82) is 0 Å². The van der Waals surface area contributed by atoms with Gasteiger partial charge in [-0.25, -0.2) is 9.37 Å². The second-order valence-corrected chi connectivity index (χ2v) is 7.11. The van der Waals surface area contributed by atoms with Crippen LogP contribution in [0.25, 0.3) is 11.3 Å². The van der Waals surface area contributed by atoms with Gasteiger partial charge in [-0.2, -0.15) is 4.98 Å². The largest absolute Gasteiger partial charge is 0.351 e. The van der Waals surface area contributed by atoms with Crippen molar-refractivity contribution in [3.63, 3.8) is 0 Å². The van der Waals surface area contributed by atoms with Crippen molar-refractivity contribution in [1.82, 2.24) is 9.97 Å². The third kappa shape index (κ3) is 4.37. The Balaban J connectivity index is 1.68. The molecule has 3 aromatic rings. The van der Waals surface area contributed by atoms with Crippen LogP contribution in [0.1, 0.15) is 25.7 Å². The molecule has 0 bridgehead atoms. The molecule has 0 unspecified atom stereocenters. The number of nitrogens with zero attached hydrogens (tertiary/aromatic N) is 2. The van der Waals surface area contributed by atoms with Gasteiger partial charge < -0.3 is 10.6 Å². The van der Waals surface area contributed by atoms with Crippen LogP contribution in [0.2, 0.25) is 5.02 Å². The van der Waals surface area contributed by atoms with E-state index in [0.717, 1.165) is 24.1 Å². The first-order chi connectivity index (χ1) is 13.2. The van der Waals surface area contributed by atoms with E-state index in [1.165, 1.54) is 25.0 Å². The highest BCUT2D eigenvalue weighted by molar-refractivity contribution is 6.33. The van der Waals surface area contributed by atoms with Gasteiger partial charge in [0.2, 0.25) is 5.95 Å². The first-order valence-electron chi connectivity index (χ1n) is 9.10. The lowest BCUT2D eigenvalue weighted by atomic mass is 10.1. The third-order valence-corrected chi connectivity index (χ3v) is 4.99. The number of anilines is 3. The molecule has 0 atom stereocenters. The van der Waals surface area contributed by atoms with Crippen LogP contribution in [0, 0.1) is 5.82 Å². The van der Waals surface area contributed by atoms with E-state index < -0.39 is 0 Å². The van der Waals surface area contributed by atoms with Crippen molar-refractivity contribution < 1.29 is 4.39 Å². The molecule has 1 aromatic heterocycles. The molecule has 1 fully saturated rings. The molecule has 0 spiro atoms. The Hall–Kier alpha value is -2.66. The molecule has 2 aromatic carbocycles. The van der Waals surface area contributed by atoms with Crippen LogP contribution in [0.5, 0.6) is 0 Å². The topological polar surface area (TPSA) is 49.8 Å². The second-order valence-electron chi connectivity index (χ2n) is 6.70. The van der Waals surface area contributed by atoms with Crippen molar-refractivity contribution in [3.8, 4) is 11.3 Å². The third-order valence-electron chi connectivity index (χ3n) is 4.68. The first-order valence-corrected chi connectivity index (χ1v) is 9.48. The minimum atomic E-state index is -0.373. The quantitative estimate of drug-likeness (QED) is 0.565. The van der Waals surface area contributed by atoms with Gasteiger partial charge in [-0.3, -0.25) is 0 Å². The summed E-state index contributed by atoms with van der Waals surface area (Å²) in [4.78, 5) is 9.29. The van der Waals surface area contributed by atoms with Gasteiger partial charge in [0.15, 0.2) is 0 Å². The van der Waals surface area contributed by atoms with E-state index >= 15 is 0 Å². The van der Waals surface area contributed by atoms with Crippen LogP contribution in [-0.4, -0.2) is 16.0 Å². The number of hydrogen-bond donors (Lipinski definition) is 2. The van der Waals surface area contributed by atoms with Gasteiger partial charge in [0, 0.05) is 17.7 Å². The summed E-state index contributed by atoms with van der Waals surface area (Å²) in [6.45, 7) is 0. The average Bonchev–Trinajstić information content (AvgIpc) is 3.18. The molecule has 4 nitrogen and oxygen atoms in total. The highest BCUT2D eigenvalue weighted by Gasteiger charge is 2.17. The molecule has 138 valence electrons. The molecule has 6 heteroatoms. The van der Waals surface area contributed by atoms with Crippen LogP contribution in [0.4, 0.5) is 21.8 Å². The maximum absolute atomic E-state index is 13.3. The number of halogens is 2. The maximum atomic E-state index is 13.3. The van der Waals surface area contributed by atoms with Gasteiger partial charge in [0.1, 0.15) is 11.6 Å². The van der Waals surface area contributed by atoms with Crippen LogP contribution < -0.4 is 10.6 Å². The molecule has 1 heterocycles. The zero-order chi connectivity index (χ0) is 18.6. The fourth-order valence-corrected chi connectivity index (χ4v) is 3.53. The van der Waals surface area contributed by atoms with Crippen molar-refractivity contribution in [3.05, 3.63) is 65.4 Å². The molecule has 0 radical (unpaired) electrons. The predicted molar refractivity (Wildman–Crippen MR) is 108 cm³/mol.